The first-order valence-corrected chi connectivity index (χ1v) is 13.0. The number of fused-ring (bicyclic) bond motifs is 4. The van der Waals surface area contributed by atoms with Crippen LogP contribution in [0.4, 0.5) is 0 Å². The maximum atomic E-state index is 12.8. The maximum Gasteiger partial charge on any atom is 0.228 e. The van der Waals surface area contributed by atoms with Crippen LogP contribution in [0.15, 0.2) is 34.1 Å². The molecule has 2 aromatic carbocycles. The summed E-state index contributed by atoms with van der Waals surface area (Å²) in [6.07, 6.45) is 1.75. The van der Waals surface area contributed by atoms with Crippen LogP contribution in [0.5, 0.6) is 11.5 Å². The zero-order valence-corrected chi connectivity index (χ0v) is 21.9. The topological polar surface area (TPSA) is 49.9 Å². The zero-order valence-electron chi connectivity index (χ0n) is 21.1. The van der Waals surface area contributed by atoms with Gasteiger partial charge in [-0.25, -0.2) is 0 Å². The van der Waals surface area contributed by atoms with Crippen molar-refractivity contribution in [1.29, 1.82) is 0 Å². The van der Waals surface area contributed by atoms with Crippen molar-refractivity contribution >= 4 is 23.6 Å². The molecule has 6 heteroatoms. The first-order valence-electron chi connectivity index (χ1n) is 12.2. The first-order chi connectivity index (χ1) is 15.9. The van der Waals surface area contributed by atoms with Crippen LogP contribution in [0, 0.1) is 10.8 Å². The summed E-state index contributed by atoms with van der Waals surface area (Å²) >= 11 is 1.76. The summed E-state index contributed by atoms with van der Waals surface area (Å²) in [6.45, 7) is 14.7. The molecule has 0 saturated heterocycles. The van der Waals surface area contributed by atoms with Gasteiger partial charge in [0.2, 0.25) is 11.8 Å². The highest BCUT2D eigenvalue weighted by Crippen LogP contribution is 2.49. The summed E-state index contributed by atoms with van der Waals surface area (Å²) in [7, 11) is 0. The van der Waals surface area contributed by atoms with Gasteiger partial charge in [0.05, 0.1) is 9.79 Å². The van der Waals surface area contributed by atoms with E-state index < -0.39 is 0 Å². The Morgan fingerprint density at radius 2 is 1.12 bits per heavy atom. The van der Waals surface area contributed by atoms with Gasteiger partial charge in [-0.05, 0) is 59.4 Å². The van der Waals surface area contributed by atoms with Gasteiger partial charge in [-0.3, -0.25) is 9.59 Å². The predicted molar refractivity (Wildman–Crippen MR) is 134 cm³/mol. The van der Waals surface area contributed by atoms with Crippen LogP contribution < -0.4 is 4.74 Å². The third kappa shape index (κ3) is 4.21. The summed E-state index contributed by atoms with van der Waals surface area (Å²) in [6, 6.07) is 8.75. The fourth-order valence-electron chi connectivity index (χ4n) is 4.98. The molecule has 0 radical (unpaired) electrons. The van der Waals surface area contributed by atoms with Crippen LogP contribution in [0.1, 0.15) is 63.8 Å². The van der Waals surface area contributed by atoms with Crippen LogP contribution in [0.2, 0.25) is 0 Å². The molecule has 3 aliphatic rings. The summed E-state index contributed by atoms with van der Waals surface area (Å²) in [5.41, 5.74) is 4.21. The van der Waals surface area contributed by atoms with Crippen molar-refractivity contribution in [2.24, 2.45) is 10.8 Å². The Kier molecular flexibility index (Phi) is 5.51. The number of carbonyl (C=O) groups excluding carboxylic acids is 2. The van der Waals surface area contributed by atoms with Crippen molar-refractivity contribution in [3.63, 3.8) is 0 Å². The molecular formula is C28H34N2O3S. The molecule has 5 nitrogen and oxygen atoms in total. The lowest BCUT2D eigenvalue weighted by atomic mass is 9.92. The SMILES string of the molecule is CC(C)(C)C(=O)N1CCc2cc3c(cc2C1)Oc1cc2c(cc1S3)CCN(C(=O)C(C)(C)C)C2. The fraction of sp³-hybridized carbons (Fsp3) is 0.500. The molecule has 3 heterocycles. The Hall–Kier alpha value is -2.47. The minimum Gasteiger partial charge on any atom is -0.455 e. The van der Waals surface area contributed by atoms with Gasteiger partial charge in [0, 0.05) is 37.0 Å². The number of ether oxygens (including phenoxy) is 1. The lowest BCUT2D eigenvalue weighted by molar-refractivity contribution is -0.141. The Bertz CT molecular complexity index is 1100. The fourth-order valence-corrected chi connectivity index (χ4v) is 6.02. The average molecular weight is 479 g/mol. The number of benzene rings is 2. The molecule has 0 aliphatic carbocycles. The molecule has 34 heavy (non-hydrogen) atoms. The van der Waals surface area contributed by atoms with E-state index in [1.165, 1.54) is 22.3 Å². The molecule has 0 unspecified atom stereocenters. The van der Waals surface area contributed by atoms with E-state index in [9.17, 15) is 9.59 Å². The molecule has 2 amide bonds. The zero-order chi connectivity index (χ0) is 24.4. The highest BCUT2D eigenvalue weighted by molar-refractivity contribution is 7.99. The number of hydrogen-bond donors (Lipinski definition) is 0. The van der Waals surface area contributed by atoms with Crippen molar-refractivity contribution < 1.29 is 14.3 Å². The van der Waals surface area contributed by atoms with Crippen molar-refractivity contribution in [2.45, 2.75) is 77.3 Å². The van der Waals surface area contributed by atoms with E-state index in [0.29, 0.717) is 13.1 Å². The second-order valence-electron chi connectivity index (χ2n) is 11.8. The van der Waals surface area contributed by atoms with Gasteiger partial charge in [-0.2, -0.15) is 0 Å². The van der Waals surface area contributed by atoms with E-state index in [1.54, 1.807) is 11.8 Å². The summed E-state index contributed by atoms with van der Waals surface area (Å²) < 4.78 is 6.41. The number of hydrogen-bond acceptors (Lipinski definition) is 4. The minimum atomic E-state index is -0.377. The van der Waals surface area contributed by atoms with E-state index in [-0.39, 0.29) is 22.6 Å². The van der Waals surface area contributed by atoms with E-state index >= 15 is 0 Å². The summed E-state index contributed by atoms with van der Waals surface area (Å²) in [5, 5.41) is 0. The average Bonchev–Trinajstić information content (AvgIpc) is 2.77. The second-order valence-corrected chi connectivity index (χ2v) is 12.9. The number of carbonyl (C=O) groups is 2. The van der Waals surface area contributed by atoms with Gasteiger partial charge in [0.15, 0.2) is 0 Å². The van der Waals surface area contributed by atoms with Gasteiger partial charge in [-0.15, -0.1) is 0 Å². The van der Waals surface area contributed by atoms with Crippen LogP contribution in [0.3, 0.4) is 0 Å². The molecule has 0 fully saturated rings. The van der Waals surface area contributed by atoms with Crippen LogP contribution in [0.25, 0.3) is 0 Å². The lowest BCUT2D eigenvalue weighted by Crippen LogP contribution is -2.42. The largest absolute Gasteiger partial charge is 0.455 e. The van der Waals surface area contributed by atoms with E-state index in [0.717, 1.165) is 47.2 Å². The molecule has 0 aromatic heterocycles. The minimum absolute atomic E-state index is 0.192. The Morgan fingerprint density at radius 3 is 1.50 bits per heavy atom. The normalized spacial score (nSPS) is 17.2. The highest BCUT2D eigenvalue weighted by atomic mass is 32.2. The van der Waals surface area contributed by atoms with Crippen LogP contribution in [-0.4, -0.2) is 34.7 Å². The molecule has 0 N–H and O–H groups in total. The standard InChI is InChI=1S/C28H34N2O3S/c1-27(2,3)25(31)29-9-7-17-13-23-21(11-19(17)15-29)33-22-12-20-16-30(26(32)28(4,5)6)10-8-18(20)14-24(22)34-23/h11-14H,7-10,15-16H2,1-6H3. The van der Waals surface area contributed by atoms with Gasteiger partial charge in [-0.1, -0.05) is 53.3 Å². The molecule has 0 bridgehead atoms. The van der Waals surface area contributed by atoms with Crippen molar-refractivity contribution in [1.82, 2.24) is 9.80 Å². The van der Waals surface area contributed by atoms with Crippen LogP contribution >= 0.6 is 11.8 Å². The summed E-state index contributed by atoms with van der Waals surface area (Å²) in [5.74, 6) is 2.11. The van der Waals surface area contributed by atoms with E-state index in [1.807, 2.05) is 51.3 Å². The predicted octanol–water partition coefficient (Wildman–Crippen LogP) is 5.81. The van der Waals surface area contributed by atoms with Gasteiger partial charge in [0.1, 0.15) is 11.5 Å². The molecule has 0 spiro atoms. The summed E-state index contributed by atoms with van der Waals surface area (Å²) in [4.78, 5) is 31.9. The molecular weight excluding hydrogens is 444 g/mol. The lowest BCUT2D eigenvalue weighted by Gasteiger charge is -2.35. The van der Waals surface area contributed by atoms with Crippen molar-refractivity contribution in [3.05, 3.63) is 46.5 Å². The van der Waals surface area contributed by atoms with Gasteiger partial charge in [0.25, 0.3) is 0 Å². The van der Waals surface area contributed by atoms with Gasteiger partial charge >= 0.3 is 0 Å². The second kappa shape index (κ2) is 8.04. The van der Waals surface area contributed by atoms with Crippen molar-refractivity contribution in [2.75, 3.05) is 13.1 Å². The highest BCUT2D eigenvalue weighted by Gasteiger charge is 2.33. The van der Waals surface area contributed by atoms with E-state index in [2.05, 4.69) is 24.3 Å². The number of nitrogens with zero attached hydrogens (tertiary/aromatic N) is 2. The molecule has 5 rings (SSSR count). The molecule has 180 valence electrons. The van der Waals surface area contributed by atoms with Gasteiger partial charge < -0.3 is 14.5 Å². The smallest absolute Gasteiger partial charge is 0.228 e. The number of amides is 2. The molecule has 3 aliphatic heterocycles. The van der Waals surface area contributed by atoms with Crippen LogP contribution in [-0.2, 0) is 35.5 Å². The Balaban J connectivity index is 1.39. The monoisotopic (exact) mass is 478 g/mol. The quantitative estimate of drug-likeness (QED) is 0.409. The number of rotatable bonds is 0. The third-order valence-corrected chi connectivity index (χ3v) is 7.93. The van der Waals surface area contributed by atoms with E-state index in [4.69, 9.17) is 4.74 Å². The molecule has 0 saturated carbocycles. The Morgan fingerprint density at radius 1 is 0.706 bits per heavy atom. The Labute approximate surface area is 206 Å². The third-order valence-electron chi connectivity index (χ3n) is 6.85. The maximum absolute atomic E-state index is 12.8. The first kappa shape index (κ1) is 23.3. The molecule has 2 aromatic rings. The van der Waals surface area contributed by atoms with Crippen molar-refractivity contribution in [3.8, 4) is 11.5 Å². The molecule has 0 atom stereocenters.